The van der Waals surface area contributed by atoms with Crippen LogP contribution in [0.15, 0.2) is 29.6 Å². The molecule has 134 valence electrons. The third-order valence-corrected chi connectivity index (χ3v) is 5.64. The number of nitrogens with zero attached hydrogens (tertiary/aromatic N) is 3. The first-order valence-electron chi connectivity index (χ1n) is 8.83. The molecule has 3 rings (SSSR count). The molecule has 0 saturated carbocycles. The first kappa shape index (κ1) is 18.1. The smallest absolute Gasteiger partial charge is 0.185 e. The fraction of sp³-hybridized carbons (Fsp3) is 0.474. The van der Waals surface area contributed by atoms with Crippen LogP contribution in [0.1, 0.15) is 19.4 Å². The summed E-state index contributed by atoms with van der Waals surface area (Å²) in [6.45, 7) is 11.3. The molecule has 6 heteroatoms. The second-order valence-corrected chi connectivity index (χ2v) is 8.16. The van der Waals surface area contributed by atoms with Gasteiger partial charge in [0.2, 0.25) is 0 Å². The lowest BCUT2D eigenvalue weighted by Crippen LogP contribution is -2.52. The minimum absolute atomic E-state index is 0.606. The van der Waals surface area contributed by atoms with E-state index in [9.17, 15) is 0 Å². The van der Waals surface area contributed by atoms with Gasteiger partial charge >= 0.3 is 0 Å². The largest absolute Gasteiger partial charge is 0.362 e. The van der Waals surface area contributed by atoms with Crippen LogP contribution < -0.4 is 10.2 Å². The predicted molar refractivity (Wildman–Crippen MR) is 112 cm³/mol. The summed E-state index contributed by atoms with van der Waals surface area (Å²) < 4.78 is 0. The third kappa shape index (κ3) is 4.70. The van der Waals surface area contributed by atoms with E-state index >= 15 is 0 Å². The number of anilines is 1. The Hall–Kier alpha value is -1.66. The average Bonchev–Trinajstić information content (AvgIpc) is 3.10. The number of rotatable bonds is 4. The minimum Gasteiger partial charge on any atom is -0.362 e. The van der Waals surface area contributed by atoms with E-state index in [1.807, 2.05) is 0 Å². The van der Waals surface area contributed by atoms with Gasteiger partial charge in [0.05, 0.1) is 5.69 Å². The van der Waals surface area contributed by atoms with Gasteiger partial charge in [0, 0.05) is 43.7 Å². The van der Waals surface area contributed by atoms with E-state index in [-0.39, 0.29) is 0 Å². The number of hydrogen-bond acceptors (Lipinski definition) is 4. The van der Waals surface area contributed by atoms with Crippen molar-refractivity contribution in [1.29, 1.82) is 0 Å². The number of nitrogens with one attached hydrogen (secondary N) is 1. The van der Waals surface area contributed by atoms with E-state index in [4.69, 9.17) is 17.2 Å². The summed E-state index contributed by atoms with van der Waals surface area (Å²) in [5, 5.41) is 7.51. The Balaban J connectivity index is 1.56. The first-order chi connectivity index (χ1) is 12.0. The maximum Gasteiger partial charge on any atom is 0.185 e. The van der Waals surface area contributed by atoms with Crippen molar-refractivity contribution in [3.8, 4) is 11.3 Å². The number of aromatic nitrogens is 1. The van der Waals surface area contributed by atoms with Gasteiger partial charge in [-0.05, 0) is 25.1 Å². The quantitative estimate of drug-likeness (QED) is 0.824. The Kier molecular flexibility index (Phi) is 5.91. The lowest BCUT2D eigenvalue weighted by atomic mass is 10.1. The molecule has 1 aliphatic heterocycles. The van der Waals surface area contributed by atoms with Gasteiger partial charge in [0.25, 0.3) is 0 Å². The van der Waals surface area contributed by atoms with Crippen molar-refractivity contribution in [1.82, 2.24) is 15.2 Å². The summed E-state index contributed by atoms with van der Waals surface area (Å²) in [6.07, 6.45) is 0. The van der Waals surface area contributed by atoms with Crippen molar-refractivity contribution < 1.29 is 0 Å². The molecule has 0 amide bonds. The number of thiocarbonyl (C=S) groups is 1. The molecule has 1 N–H and O–H groups in total. The topological polar surface area (TPSA) is 31.4 Å². The monoisotopic (exact) mass is 374 g/mol. The van der Waals surface area contributed by atoms with E-state index in [1.54, 1.807) is 11.3 Å². The fourth-order valence-corrected chi connectivity index (χ4v) is 3.92. The van der Waals surface area contributed by atoms with Crippen LogP contribution in [0, 0.1) is 12.8 Å². The Morgan fingerprint density at radius 2 is 1.88 bits per heavy atom. The zero-order valence-corrected chi connectivity index (χ0v) is 16.8. The summed E-state index contributed by atoms with van der Waals surface area (Å²) in [5.41, 5.74) is 3.53. The van der Waals surface area contributed by atoms with Crippen molar-refractivity contribution in [2.24, 2.45) is 5.92 Å². The van der Waals surface area contributed by atoms with Gasteiger partial charge in [-0.25, -0.2) is 4.98 Å². The molecule has 1 aromatic heterocycles. The Morgan fingerprint density at radius 1 is 1.20 bits per heavy atom. The molecule has 0 bridgehead atoms. The molecule has 0 aliphatic carbocycles. The fourth-order valence-electron chi connectivity index (χ4n) is 2.77. The van der Waals surface area contributed by atoms with Crippen molar-refractivity contribution in [2.75, 3.05) is 37.6 Å². The molecule has 0 radical (unpaired) electrons. The summed E-state index contributed by atoms with van der Waals surface area (Å²) in [6, 6.07) is 8.56. The van der Waals surface area contributed by atoms with Crippen LogP contribution in [-0.2, 0) is 0 Å². The molecule has 1 saturated heterocycles. The minimum atomic E-state index is 0.606. The zero-order valence-electron chi connectivity index (χ0n) is 15.2. The maximum absolute atomic E-state index is 5.51. The van der Waals surface area contributed by atoms with Crippen LogP contribution >= 0.6 is 23.6 Å². The number of thiazole rings is 1. The number of benzene rings is 1. The molecule has 1 fully saturated rings. The summed E-state index contributed by atoms with van der Waals surface area (Å²) in [5.74, 6) is 0.606. The van der Waals surface area contributed by atoms with Crippen molar-refractivity contribution >= 4 is 33.8 Å². The van der Waals surface area contributed by atoms with E-state index < -0.39 is 0 Å². The van der Waals surface area contributed by atoms with Gasteiger partial charge in [0.15, 0.2) is 10.2 Å². The van der Waals surface area contributed by atoms with Crippen LogP contribution in [0.25, 0.3) is 11.3 Å². The third-order valence-electron chi connectivity index (χ3n) is 4.34. The van der Waals surface area contributed by atoms with Crippen LogP contribution in [0.4, 0.5) is 5.13 Å². The molecule has 25 heavy (non-hydrogen) atoms. The molecular formula is C19H26N4S2. The molecule has 4 nitrogen and oxygen atoms in total. The molecular weight excluding hydrogens is 348 g/mol. The molecule has 0 spiro atoms. The lowest BCUT2D eigenvalue weighted by Gasteiger charge is -2.36. The van der Waals surface area contributed by atoms with E-state index in [2.05, 4.69) is 65.5 Å². The van der Waals surface area contributed by atoms with Crippen LogP contribution in [0.5, 0.6) is 0 Å². The van der Waals surface area contributed by atoms with Crippen LogP contribution in [0.3, 0.4) is 0 Å². The predicted octanol–water partition coefficient (Wildman–Crippen LogP) is 3.77. The van der Waals surface area contributed by atoms with Gasteiger partial charge in [-0.15, -0.1) is 11.3 Å². The van der Waals surface area contributed by atoms with Crippen molar-refractivity contribution in [3.05, 3.63) is 35.2 Å². The van der Waals surface area contributed by atoms with Crippen LogP contribution in [-0.4, -0.2) is 47.7 Å². The molecule has 2 heterocycles. The lowest BCUT2D eigenvalue weighted by molar-refractivity contribution is 0.377. The first-order valence-corrected chi connectivity index (χ1v) is 10.1. The van der Waals surface area contributed by atoms with Gasteiger partial charge in [-0.3, -0.25) is 0 Å². The van der Waals surface area contributed by atoms with E-state index in [1.165, 1.54) is 11.1 Å². The highest BCUT2D eigenvalue weighted by Gasteiger charge is 2.21. The molecule has 1 aliphatic rings. The number of aryl methyl sites for hydroxylation is 1. The molecule has 0 atom stereocenters. The standard InChI is InChI=1S/C19H26N4S2/c1-14(2)12-20-18(24)22-8-10-23(11-9-22)19-21-17(13-25-19)16-6-4-15(3)5-7-16/h4-7,13-14H,8-12H2,1-3H3,(H,20,24). The van der Waals surface area contributed by atoms with E-state index in [0.717, 1.165) is 48.7 Å². The SMILES string of the molecule is Cc1ccc(-c2csc(N3CCN(C(=S)NCC(C)C)CC3)n2)cc1. The average molecular weight is 375 g/mol. The second kappa shape index (κ2) is 8.15. The Labute approximate surface area is 159 Å². The van der Waals surface area contributed by atoms with Gasteiger partial charge in [-0.1, -0.05) is 43.7 Å². The highest BCUT2D eigenvalue weighted by molar-refractivity contribution is 7.80. The summed E-state index contributed by atoms with van der Waals surface area (Å²) >= 11 is 7.24. The Bertz CT molecular complexity index is 700. The van der Waals surface area contributed by atoms with Crippen molar-refractivity contribution in [3.63, 3.8) is 0 Å². The van der Waals surface area contributed by atoms with Gasteiger partial charge in [-0.2, -0.15) is 0 Å². The van der Waals surface area contributed by atoms with Gasteiger partial charge in [0.1, 0.15) is 0 Å². The summed E-state index contributed by atoms with van der Waals surface area (Å²) in [4.78, 5) is 9.47. The zero-order chi connectivity index (χ0) is 17.8. The summed E-state index contributed by atoms with van der Waals surface area (Å²) in [7, 11) is 0. The number of hydrogen-bond donors (Lipinski definition) is 1. The highest BCUT2D eigenvalue weighted by Crippen LogP contribution is 2.28. The van der Waals surface area contributed by atoms with Gasteiger partial charge < -0.3 is 15.1 Å². The maximum atomic E-state index is 5.51. The normalized spacial score (nSPS) is 14.9. The molecule has 1 aromatic carbocycles. The molecule has 0 unspecified atom stereocenters. The number of piperazine rings is 1. The second-order valence-electron chi connectivity index (χ2n) is 6.94. The van der Waals surface area contributed by atoms with Crippen molar-refractivity contribution in [2.45, 2.75) is 20.8 Å². The molecule has 2 aromatic rings. The van der Waals surface area contributed by atoms with Crippen LogP contribution in [0.2, 0.25) is 0 Å². The Morgan fingerprint density at radius 3 is 2.52 bits per heavy atom. The highest BCUT2D eigenvalue weighted by atomic mass is 32.1. The van der Waals surface area contributed by atoms with E-state index in [0.29, 0.717) is 5.92 Å².